The van der Waals surface area contributed by atoms with E-state index in [1.54, 1.807) is 14.2 Å². The molecule has 0 radical (unpaired) electrons. The van der Waals surface area contributed by atoms with Crippen LogP contribution < -0.4 is 10.2 Å². The van der Waals surface area contributed by atoms with Crippen LogP contribution in [0.4, 0.5) is 17.1 Å². The third kappa shape index (κ3) is 6.61. The topological polar surface area (TPSA) is 24.5 Å². The smallest absolute Gasteiger partial charge is 0.127 e. The highest BCUT2D eigenvalue weighted by molar-refractivity contribution is 6.00. The van der Waals surface area contributed by atoms with Crippen molar-refractivity contribution in [2.45, 2.75) is 51.6 Å². The van der Waals surface area contributed by atoms with Gasteiger partial charge in [-0.05, 0) is 133 Å². The van der Waals surface area contributed by atoms with E-state index < -0.39 is 5.41 Å². The molecule has 2 unspecified atom stereocenters. The van der Waals surface area contributed by atoms with Gasteiger partial charge in [0, 0.05) is 19.8 Å². The van der Waals surface area contributed by atoms with Gasteiger partial charge in [-0.3, -0.25) is 0 Å². The molecule has 3 heteroatoms. The molecule has 0 saturated carbocycles. The monoisotopic (exact) mass is 832 g/mol. The van der Waals surface area contributed by atoms with E-state index in [-0.39, 0.29) is 6.17 Å². The van der Waals surface area contributed by atoms with Gasteiger partial charge < -0.3 is 15.0 Å². The highest BCUT2D eigenvalue weighted by Crippen LogP contribution is 2.63. The fourth-order valence-electron chi connectivity index (χ4n) is 10.9. The van der Waals surface area contributed by atoms with Crippen molar-refractivity contribution in [1.29, 1.82) is 0 Å². The molecule has 64 heavy (non-hydrogen) atoms. The molecular weight excluding hydrogens is 777 g/mol. The molecule has 1 spiro atoms. The average Bonchev–Trinajstić information content (AvgIpc) is 4.00. The van der Waals surface area contributed by atoms with E-state index in [0.717, 1.165) is 18.8 Å². The SMILES string of the molecule is C1=CC2=C(CC1)C1Nc3ccccc3N1c1cc(-c3ccc4c(c3)C3(c5ccccc5-c5ccccc53)c3cc(-c5ccccc5)ccc3-4)ccc12.CC.CC1C=CC=CC1.COC. The quantitative estimate of drug-likeness (QED) is 0.188. The Kier molecular flexibility index (Phi) is 11.1. The zero-order chi connectivity index (χ0) is 43.8. The predicted molar refractivity (Wildman–Crippen MR) is 271 cm³/mol. The summed E-state index contributed by atoms with van der Waals surface area (Å²) in [6, 6.07) is 59.4. The molecule has 2 aliphatic heterocycles. The second-order valence-corrected chi connectivity index (χ2v) is 17.2. The lowest BCUT2D eigenvalue weighted by atomic mass is 9.70. The third-order valence-electron chi connectivity index (χ3n) is 13.5. The summed E-state index contributed by atoms with van der Waals surface area (Å²) in [7, 11) is 3.25. The van der Waals surface area contributed by atoms with Gasteiger partial charge in [0.15, 0.2) is 0 Å². The van der Waals surface area contributed by atoms with Gasteiger partial charge in [0.25, 0.3) is 0 Å². The van der Waals surface area contributed by atoms with E-state index in [0.29, 0.717) is 0 Å². The molecule has 2 atom stereocenters. The molecule has 6 aliphatic rings. The van der Waals surface area contributed by atoms with Crippen LogP contribution in [0.3, 0.4) is 0 Å². The molecule has 2 heterocycles. The molecule has 0 amide bonds. The summed E-state index contributed by atoms with van der Waals surface area (Å²) in [5.74, 6) is 0.769. The average molecular weight is 833 g/mol. The predicted octanol–water partition coefficient (Wildman–Crippen LogP) is 15.8. The first-order chi connectivity index (χ1) is 31.6. The molecular formula is C61H56N2O. The molecule has 13 rings (SSSR count). The number of fused-ring (bicyclic) bond motifs is 17. The summed E-state index contributed by atoms with van der Waals surface area (Å²) in [6.07, 6.45) is 16.9. The molecule has 0 aromatic heterocycles. The number of para-hydroxylation sites is 2. The van der Waals surface area contributed by atoms with Crippen molar-refractivity contribution < 1.29 is 4.74 Å². The van der Waals surface area contributed by atoms with Crippen molar-refractivity contribution in [1.82, 2.24) is 0 Å². The van der Waals surface area contributed by atoms with Gasteiger partial charge >= 0.3 is 0 Å². The lowest BCUT2D eigenvalue weighted by molar-refractivity contribution is 0.277. The molecule has 3 nitrogen and oxygen atoms in total. The number of benzene rings is 7. The second-order valence-electron chi connectivity index (χ2n) is 17.2. The van der Waals surface area contributed by atoms with E-state index in [2.05, 4.69) is 216 Å². The Morgan fingerprint density at radius 3 is 1.73 bits per heavy atom. The van der Waals surface area contributed by atoms with E-state index in [4.69, 9.17) is 0 Å². The van der Waals surface area contributed by atoms with Gasteiger partial charge in [0.2, 0.25) is 0 Å². The van der Waals surface area contributed by atoms with Gasteiger partial charge in [-0.1, -0.05) is 185 Å². The summed E-state index contributed by atoms with van der Waals surface area (Å²) in [6.45, 7) is 6.22. The number of hydrogen-bond donors (Lipinski definition) is 1. The van der Waals surface area contributed by atoms with Crippen molar-refractivity contribution in [3.05, 3.63) is 228 Å². The molecule has 7 aromatic rings. The van der Waals surface area contributed by atoms with Gasteiger partial charge in [0.1, 0.15) is 6.17 Å². The maximum Gasteiger partial charge on any atom is 0.127 e. The number of ether oxygens (including phenoxy) is 1. The minimum absolute atomic E-state index is 0.142. The Morgan fingerprint density at radius 1 is 0.547 bits per heavy atom. The van der Waals surface area contributed by atoms with Crippen LogP contribution in [0.15, 0.2) is 200 Å². The summed E-state index contributed by atoms with van der Waals surface area (Å²) < 4.78 is 4.25. The van der Waals surface area contributed by atoms with Crippen molar-refractivity contribution in [2.75, 3.05) is 24.4 Å². The van der Waals surface area contributed by atoms with Crippen LogP contribution in [0, 0.1) is 5.92 Å². The van der Waals surface area contributed by atoms with Gasteiger partial charge in [-0.15, -0.1) is 0 Å². The number of methoxy groups -OCH3 is 1. The maximum atomic E-state index is 4.25. The van der Waals surface area contributed by atoms with Gasteiger partial charge in [-0.25, -0.2) is 0 Å². The van der Waals surface area contributed by atoms with Crippen molar-refractivity contribution >= 4 is 22.6 Å². The Hall–Kier alpha value is -6.94. The number of nitrogens with one attached hydrogen (secondary N) is 1. The number of allylic oxidation sites excluding steroid dienone is 7. The first-order valence-corrected chi connectivity index (χ1v) is 23.1. The fraction of sp³-hybridized carbons (Fsp3) is 0.180. The molecule has 0 saturated heterocycles. The fourth-order valence-corrected chi connectivity index (χ4v) is 10.9. The molecule has 0 fully saturated rings. The van der Waals surface area contributed by atoms with Crippen LogP contribution in [-0.4, -0.2) is 20.4 Å². The van der Waals surface area contributed by atoms with Crippen LogP contribution in [0.2, 0.25) is 0 Å². The highest BCUT2D eigenvalue weighted by atomic mass is 16.4. The summed E-state index contributed by atoms with van der Waals surface area (Å²) in [4.78, 5) is 2.55. The van der Waals surface area contributed by atoms with Crippen molar-refractivity contribution in [3.63, 3.8) is 0 Å². The molecule has 4 aliphatic carbocycles. The first-order valence-electron chi connectivity index (χ1n) is 23.1. The minimum atomic E-state index is -0.414. The summed E-state index contributed by atoms with van der Waals surface area (Å²) >= 11 is 0. The van der Waals surface area contributed by atoms with Gasteiger partial charge in [0.05, 0.1) is 22.5 Å². The summed E-state index contributed by atoms with van der Waals surface area (Å²) in [5, 5.41) is 3.88. The number of anilines is 3. The largest absolute Gasteiger partial charge is 0.388 e. The summed E-state index contributed by atoms with van der Waals surface area (Å²) in [5.41, 5.74) is 23.3. The highest BCUT2D eigenvalue weighted by Gasteiger charge is 2.52. The van der Waals surface area contributed by atoms with Crippen LogP contribution in [0.1, 0.15) is 67.9 Å². The van der Waals surface area contributed by atoms with Crippen LogP contribution >= 0.6 is 0 Å². The lowest BCUT2D eigenvalue weighted by Gasteiger charge is -2.38. The van der Waals surface area contributed by atoms with Crippen LogP contribution in [0.25, 0.3) is 50.1 Å². The van der Waals surface area contributed by atoms with E-state index in [9.17, 15) is 0 Å². The molecule has 0 bridgehead atoms. The normalized spacial score (nSPS) is 17.6. The maximum absolute atomic E-state index is 4.25. The van der Waals surface area contributed by atoms with Crippen molar-refractivity contribution in [3.8, 4) is 44.5 Å². The Labute approximate surface area is 379 Å². The number of hydrogen-bond acceptors (Lipinski definition) is 3. The first kappa shape index (κ1) is 41.1. The zero-order valence-corrected chi connectivity index (χ0v) is 37.6. The third-order valence-corrected chi connectivity index (χ3v) is 13.5. The zero-order valence-electron chi connectivity index (χ0n) is 37.6. The standard InChI is InChI=1S/C50H34N2.C7H10.C2H6O.C2H6/c1-2-12-31(13-3-1)32-22-25-38-39-26-23-33(29-45(39)50(44(38)28-32)42-18-8-6-15-36(42)37-16-7-9-19-43(37)50)34-24-27-40-35-14-4-5-17-41(35)49-51-46-20-10-11-21-47(46)52(49)48(40)30-34;1-7-5-3-2-4-6-7;1-3-2;1-2/h1-4,6-16,18-30,49,51H,5,17H2;2-5,7H,6H2,1H3;1-2H3;1-2H3. The minimum Gasteiger partial charge on any atom is -0.388 e. The van der Waals surface area contributed by atoms with Crippen LogP contribution in [-0.2, 0) is 10.2 Å². The Morgan fingerprint density at radius 2 is 1.11 bits per heavy atom. The van der Waals surface area contributed by atoms with Crippen molar-refractivity contribution in [2.24, 2.45) is 5.92 Å². The van der Waals surface area contributed by atoms with Gasteiger partial charge in [-0.2, -0.15) is 0 Å². The number of rotatable bonds is 2. The molecule has 1 N–H and O–H groups in total. The Bertz CT molecular complexity index is 2960. The van der Waals surface area contributed by atoms with E-state index >= 15 is 0 Å². The second kappa shape index (κ2) is 17.3. The van der Waals surface area contributed by atoms with E-state index in [1.807, 2.05) is 13.8 Å². The van der Waals surface area contributed by atoms with E-state index in [1.165, 1.54) is 107 Å². The van der Waals surface area contributed by atoms with Crippen LogP contribution in [0.5, 0.6) is 0 Å². The Balaban J connectivity index is 0.000000360. The lowest BCUT2D eigenvalue weighted by Crippen LogP contribution is -2.37. The molecule has 7 aromatic carbocycles. The number of nitrogens with zero attached hydrogens (tertiary/aromatic N) is 1. The molecule has 316 valence electrons.